The number of hydrogen-bond donors (Lipinski definition) is 1. The number of rotatable bonds is 4. The molecule has 3 aromatic rings. The summed E-state index contributed by atoms with van der Waals surface area (Å²) in [6, 6.07) is 13.0. The van der Waals surface area contributed by atoms with Crippen LogP contribution in [-0.4, -0.2) is 22.8 Å². The fraction of sp³-hybridized carbons (Fsp3) is 0.227. The van der Waals surface area contributed by atoms with Crippen LogP contribution in [0.4, 0.5) is 10.8 Å². The van der Waals surface area contributed by atoms with E-state index in [2.05, 4.69) is 23.3 Å². The quantitative estimate of drug-likeness (QED) is 0.608. The molecule has 0 unspecified atom stereocenters. The number of benzene rings is 2. The summed E-state index contributed by atoms with van der Waals surface area (Å²) in [5, 5.41) is 5.78. The van der Waals surface area contributed by atoms with Crippen LogP contribution in [0.2, 0.25) is 5.02 Å². The summed E-state index contributed by atoms with van der Waals surface area (Å²) >= 11 is 7.33. The maximum Gasteiger partial charge on any atom is 0.257 e. The monoisotopic (exact) mass is 425 g/mol. The van der Waals surface area contributed by atoms with Crippen molar-refractivity contribution in [1.29, 1.82) is 0 Å². The zero-order chi connectivity index (χ0) is 20.5. The normalized spacial score (nSPS) is 15.3. The first-order valence-corrected chi connectivity index (χ1v) is 10.7. The number of anilines is 2. The summed E-state index contributed by atoms with van der Waals surface area (Å²) in [7, 11) is 0. The minimum absolute atomic E-state index is 0.142. The van der Waals surface area contributed by atoms with Crippen molar-refractivity contribution >= 4 is 45.6 Å². The van der Waals surface area contributed by atoms with E-state index in [-0.39, 0.29) is 17.9 Å². The molecule has 0 saturated heterocycles. The molecule has 148 valence electrons. The van der Waals surface area contributed by atoms with Crippen molar-refractivity contribution in [3.05, 3.63) is 64.0 Å². The maximum atomic E-state index is 12.4. The molecule has 7 heteroatoms. The smallest absolute Gasteiger partial charge is 0.257 e. The van der Waals surface area contributed by atoms with Crippen molar-refractivity contribution in [1.82, 2.24) is 4.98 Å². The topological polar surface area (TPSA) is 62.3 Å². The predicted molar refractivity (Wildman–Crippen MR) is 118 cm³/mol. The molecule has 4 rings (SSSR count). The van der Waals surface area contributed by atoms with Gasteiger partial charge in [0.25, 0.3) is 5.91 Å². The molecule has 1 aromatic heterocycles. The molecule has 2 aromatic carbocycles. The van der Waals surface area contributed by atoms with E-state index in [4.69, 9.17) is 11.6 Å². The van der Waals surface area contributed by atoms with E-state index >= 15 is 0 Å². The van der Waals surface area contributed by atoms with Gasteiger partial charge in [-0.25, -0.2) is 4.98 Å². The Kier molecular flexibility index (Phi) is 5.39. The van der Waals surface area contributed by atoms with Crippen LogP contribution in [0.5, 0.6) is 0 Å². The molecule has 1 N–H and O–H groups in total. The lowest BCUT2D eigenvalue weighted by atomic mass is 10.1. The Bertz CT molecular complexity index is 1100. The summed E-state index contributed by atoms with van der Waals surface area (Å²) in [6.07, 6.45) is 1.32. The molecule has 0 aliphatic carbocycles. The molecular weight excluding hydrogens is 406 g/mol. The molecule has 0 radical (unpaired) electrons. The van der Waals surface area contributed by atoms with Crippen LogP contribution in [0.15, 0.2) is 47.8 Å². The van der Waals surface area contributed by atoms with Crippen molar-refractivity contribution in [3.63, 3.8) is 0 Å². The van der Waals surface area contributed by atoms with E-state index in [0.717, 1.165) is 28.9 Å². The van der Waals surface area contributed by atoms with Gasteiger partial charge in [0.05, 0.1) is 5.69 Å². The lowest BCUT2D eigenvalue weighted by molar-refractivity contribution is -0.118. The van der Waals surface area contributed by atoms with Gasteiger partial charge in [-0.3, -0.25) is 14.9 Å². The number of hydrogen-bond acceptors (Lipinski definition) is 4. The lowest BCUT2D eigenvalue weighted by Gasteiger charge is -2.22. The van der Waals surface area contributed by atoms with Gasteiger partial charge >= 0.3 is 0 Å². The van der Waals surface area contributed by atoms with E-state index in [1.807, 2.05) is 29.3 Å². The Balaban J connectivity index is 1.54. The first-order valence-electron chi connectivity index (χ1n) is 9.44. The third kappa shape index (κ3) is 3.91. The number of carbonyl (C=O) groups is 2. The van der Waals surface area contributed by atoms with Crippen LogP contribution in [0.25, 0.3) is 11.3 Å². The van der Waals surface area contributed by atoms with Crippen molar-refractivity contribution in [2.75, 3.05) is 10.2 Å². The fourth-order valence-electron chi connectivity index (χ4n) is 3.60. The Hall–Kier alpha value is -2.70. The van der Waals surface area contributed by atoms with Gasteiger partial charge < -0.3 is 4.90 Å². The van der Waals surface area contributed by atoms with Crippen molar-refractivity contribution < 1.29 is 9.59 Å². The molecular formula is C22H20ClN3O2S. The maximum absolute atomic E-state index is 12.4. The van der Waals surface area contributed by atoms with Crippen LogP contribution < -0.4 is 10.2 Å². The summed E-state index contributed by atoms with van der Waals surface area (Å²) in [5.41, 5.74) is 4.39. The Morgan fingerprint density at radius 2 is 2.10 bits per heavy atom. The number of nitrogens with zero attached hydrogens (tertiary/aromatic N) is 2. The molecule has 5 nitrogen and oxygen atoms in total. The zero-order valence-electron chi connectivity index (χ0n) is 16.1. The molecule has 0 saturated carbocycles. The minimum Gasteiger partial charge on any atom is -0.309 e. The minimum atomic E-state index is -0.245. The SMILES string of the molecule is CCC(=O)N1c2ccc(-c3csc(NC(=O)c4cccc(Cl)c4)n3)cc2C[C@H]1C. The van der Waals surface area contributed by atoms with Gasteiger partial charge in [0.2, 0.25) is 5.91 Å². The zero-order valence-corrected chi connectivity index (χ0v) is 17.7. The number of nitrogens with one attached hydrogen (secondary N) is 1. The van der Waals surface area contributed by atoms with Crippen LogP contribution in [0.3, 0.4) is 0 Å². The molecule has 0 spiro atoms. The fourth-order valence-corrected chi connectivity index (χ4v) is 4.51. The highest BCUT2D eigenvalue weighted by molar-refractivity contribution is 7.14. The van der Waals surface area contributed by atoms with Gasteiger partial charge in [0.15, 0.2) is 5.13 Å². The average molecular weight is 426 g/mol. The van der Waals surface area contributed by atoms with E-state index < -0.39 is 0 Å². The van der Waals surface area contributed by atoms with Crippen molar-refractivity contribution in [2.45, 2.75) is 32.7 Å². The van der Waals surface area contributed by atoms with Crippen LogP contribution >= 0.6 is 22.9 Å². The first-order chi connectivity index (χ1) is 14.0. The highest BCUT2D eigenvalue weighted by Gasteiger charge is 2.30. The number of thiazole rings is 1. The Morgan fingerprint density at radius 3 is 2.86 bits per heavy atom. The number of amides is 2. The van der Waals surface area contributed by atoms with Gasteiger partial charge in [0, 0.05) is 39.7 Å². The van der Waals surface area contributed by atoms with E-state index in [1.165, 1.54) is 11.3 Å². The molecule has 29 heavy (non-hydrogen) atoms. The second kappa shape index (κ2) is 7.97. The first kappa shape index (κ1) is 19.6. The second-order valence-electron chi connectivity index (χ2n) is 7.02. The van der Waals surface area contributed by atoms with Crippen molar-refractivity contribution in [3.8, 4) is 11.3 Å². The predicted octanol–water partition coefficient (Wildman–Crippen LogP) is 5.40. The molecule has 2 heterocycles. The number of carbonyl (C=O) groups excluding carboxylic acids is 2. The summed E-state index contributed by atoms with van der Waals surface area (Å²) in [5.74, 6) is -0.103. The van der Waals surface area contributed by atoms with Gasteiger partial charge in [-0.05, 0) is 49.2 Å². The van der Waals surface area contributed by atoms with E-state index in [1.54, 1.807) is 24.3 Å². The van der Waals surface area contributed by atoms with E-state index in [0.29, 0.717) is 22.1 Å². The van der Waals surface area contributed by atoms with Gasteiger partial charge in [-0.15, -0.1) is 11.3 Å². The number of halogens is 1. The lowest BCUT2D eigenvalue weighted by Crippen LogP contribution is -2.35. The van der Waals surface area contributed by atoms with Crippen LogP contribution in [0.1, 0.15) is 36.2 Å². The number of aromatic nitrogens is 1. The third-order valence-corrected chi connectivity index (χ3v) is 5.97. The van der Waals surface area contributed by atoms with Crippen LogP contribution in [-0.2, 0) is 11.2 Å². The molecule has 1 aliphatic rings. The van der Waals surface area contributed by atoms with Gasteiger partial charge in [0.1, 0.15) is 0 Å². The van der Waals surface area contributed by atoms with E-state index in [9.17, 15) is 9.59 Å². The van der Waals surface area contributed by atoms with Crippen molar-refractivity contribution in [2.24, 2.45) is 0 Å². The summed E-state index contributed by atoms with van der Waals surface area (Å²) in [6.45, 7) is 3.95. The summed E-state index contributed by atoms with van der Waals surface area (Å²) in [4.78, 5) is 31.1. The summed E-state index contributed by atoms with van der Waals surface area (Å²) < 4.78 is 0. The molecule has 0 bridgehead atoms. The van der Waals surface area contributed by atoms with Gasteiger partial charge in [-0.2, -0.15) is 0 Å². The highest BCUT2D eigenvalue weighted by Crippen LogP contribution is 2.36. The number of fused-ring (bicyclic) bond motifs is 1. The Morgan fingerprint density at radius 1 is 1.28 bits per heavy atom. The van der Waals surface area contributed by atoms with Gasteiger partial charge in [-0.1, -0.05) is 30.7 Å². The van der Waals surface area contributed by atoms with Crippen LogP contribution in [0, 0.1) is 0 Å². The highest BCUT2D eigenvalue weighted by atomic mass is 35.5. The molecule has 0 fully saturated rings. The second-order valence-corrected chi connectivity index (χ2v) is 8.31. The molecule has 2 amide bonds. The Labute approximate surface area is 178 Å². The third-order valence-electron chi connectivity index (χ3n) is 4.97. The average Bonchev–Trinajstić information content (AvgIpc) is 3.30. The molecule has 1 atom stereocenters. The molecule has 1 aliphatic heterocycles. The standard InChI is InChI=1S/C22H20ClN3O2S/c1-3-20(27)26-13(2)9-16-10-14(7-8-19(16)26)18-12-29-22(24-18)25-21(28)15-5-4-6-17(23)11-15/h4-8,10-13H,3,9H2,1-2H3,(H,24,25,28)/t13-/m1/s1. The largest absolute Gasteiger partial charge is 0.309 e.